The molecule has 6 heteroatoms. The third-order valence-corrected chi connectivity index (χ3v) is 5.39. The molecular weight excluding hydrogens is 414 g/mol. The van der Waals surface area contributed by atoms with Crippen LogP contribution in [0.15, 0.2) is 48.5 Å². The SMILES string of the molecule is COc1ccc(NC(=O)c2ccc(OC)c(COc3cc(C)cc(C)c3C)c2)cc1Cl. The third-order valence-electron chi connectivity index (χ3n) is 5.10. The Labute approximate surface area is 187 Å². The number of hydrogen-bond donors (Lipinski definition) is 1. The lowest BCUT2D eigenvalue weighted by Crippen LogP contribution is -2.13. The Morgan fingerprint density at radius 3 is 2.29 bits per heavy atom. The van der Waals surface area contributed by atoms with E-state index in [0.29, 0.717) is 27.8 Å². The predicted molar refractivity (Wildman–Crippen MR) is 124 cm³/mol. The number of ether oxygens (including phenoxy) is 3. The van der Waals surface area contributed by atoms with Crippen LogP contribution in [-0.4, -0.2) is 20.1 Å². The van der Waals surface area contributed by atoms with Crippen LogP contribution in [0, 0.1) is 20.8 Å². The number of methoxy groups -OCH3 is 2. The summed E-state index contributed by atoms with van der Waals surface area (Å²) in [4.78, 5) is 12.8. The molecule has 0 aliphatic carbocycles. The van der Waals surface area contributed by atoms with Crippen molar-refractivity contribution in [1.29, 1.82) is 0 Å². The van der Waals surface area contributed by atoms with Crippen molar-refractivity contribution in [1.82, 2.24) is 0 Å². The average Bonchev–Trinajstić information content (AvgIpc) is 2.75. The topological polar surface area (TPSA) is 56.8 Å². The number of amides is 1. The van der Waals surface area contributed by atoms with Gasteiger partial charge in [0, 0.05) is 16.8 Å². The number of carbonyl (C=O) groups is 1. The quantitative estimate of drug-likeness (QED) is 0.482. The van der Waals surface area contributed by atoms with Gasteiger partial charge < -0.3 is 19.5 Å². The van der Waals surface area contributed by atoms with E-state index in [4.69, 9.17) is 25.8 Å². The molecule has 3 rings (SSSR count). The van der Waals surface area contributed by atoms with Gasteiger partial charge in [0.2, 0.25) is 0 Å². The van der Waals surface area contributed by atoms with Gasteiger partial charge >= 0.3 is 0 Å². The van der Waals surface area contributed by atoms with E-state index >= 15 is 0 Å². The maximum atomic E-state index is 12.8. The highest BCUT2D eigenvalue weighted by molar-refractivity contribution is 6.32. The van der Waals surface area contributed by atoms with E-state index in [1.165, 1.54) is 5.56 Å². The van der Waals surface area contributed by atoms with Crippen molar-refractivity contribution in [3.63, 3.8) is 0 Å². The van der Waals surface area contributed by atoms with Crippen LogP contribution in [0.4, 0.5) is 5.69 Å². The number of benzene rings is 3. The fraction of sp³-hybridized carbons (Fsp3) is 0.240. The van der Waals surface area contributed by atoms with Crippen LogP contribution < -0.4 is 19.5 Å². The van der Waals surface area contributed by atoms with Crippen LogP contribution in [0.2, 0.25) is 5.02 Å². The lowest BCUT2D eigenvalue weighted by molar-refractivity contribution is 0.102. The van der Waals surface area contributed by atoms with E-state index in [9.17, 15) is 4.79 Å². The summed E-state index contributed by atoms with van der Waals surface area (Å²) >= 11 is 6.15. The molecule has 0 bridgehead atoms. The summed E-state index contributed by atoms with van der Waals surface area (Å²) in [6.07, 6.45) is 0. The van der Waals surface area contributed by atoms with Crippen molar-refractivity contribution in [2.45, 2.75) is 27.4 Å². The Balaban J connectivity index is 1.80. The predicted octanol–water partition coefficient (Wildman–Crippen LogP) is 6.11. The molecule has 162 valence electrons. The second-order valence-corrected chi connectivity index (χ2v) is 7.73. The highest BCUT2D eigenvalue weighted by atomic mass is 35.5. The minimum absolute atomic E-state index is 0.257. The second kappa shape index (κ2) is 9.75. The largest absolute Gasteiger partial charge is 0.496 e. The summed E-state index contributed by atoms with van der Waals surface area (Å²) in [6, 6.07) is 14.5. The highest BCUT2D eigenvalue weighted by Crippen LogP contribution is 2.29. The maximum absolute atomic E-state index is 12.8. The Bertz CT molecular complexity index is 1110. The van der Waals surface area contributed by atoms with Gasteiger partial charge in [0.15, 0.2) is 0 Å². The molecule has 5 nitrogen and oxygen atoms in total. The van der Waals surface area contributed by atoms with Crippen molar-refractivity contribution in [3.05, 3.63) is 81.4 Å². The molecule has 0 unspecified atom stereocenters. The molecule has 3 aromatic rings. The van der Waals surface area contributed by atoms with E-state index < -0.39 is 0 Å². The fourth-order valence-electron chi connectivity index (χ4n) is 3.29. The molecule has 1 amide bonds. The Morgan fingerprint density at radius 2 is 1.61 bits per heavy atom. The van der Waals surface area contributed by atoms with E-state index in [1.54, 1.807) is 50.6 Å². The Morgan fingerprint density at radius 1 is 0.903 bits per heavy atom. The average molecular weight is 440 g/mol. The van der Waals surface area contributed by atoms with E-state index in [1.807, 2.05) is 19.9 Å². The van der Waals surface area contributed by atoms with Gasteiger partial charge in [-0.2, -0.15) is 0 Å². The van der Waals surface area contributed by atoms with E-state index in [-0.39, 0.29) is 12.5 Å². The summed E-state index contributed by atoms with van der Waals surface area (Å²) in [5, 5.41) is 3.28. The minimum Gasteiger partial charge on any atom is -0.496 e. The van der Waals surface area contributed by atoms with E-state index in [2.05, 4.69) is 18.3 Å². The smallest absolute Gasteiger partial charge is 0.255 e. The first-order valence-electron chi connectivity index (χ1n) is 9.84. The monoisotopic (exact) mass is 439 g/mol. The van der Waals surface area contributed by atoms with Crippen LogP contribution >= 0.6 is 11.6 Å². The summed E-state index contributed by atoms with van der Waals surface area (Å²) in [6.45, 7) is 6.41. The van der Waals surface area contributed by atoms with Gasteiger partial charge in [0.05, 0.1) is 19.2 Å². The van der Waals surface area contributed by atoms with Gasteiger partial charge in [0.25, 0.3) is 5.91 Å². The molecule has 0 radical (unpaired) electrons. The van der Waals surface area contributed by atoms with Crippen molar-refractivity contribution in [2.75, 3.05) is 19.5 Å². The molecular formula is C25H26ClNO4. The zero-order valence-corrected chi connectivity index (χ0v) is 19.1. The highest BCUT2D eigenvalue weighted by Gasteiger charge is 2.13. The molecule has 0 spiro atoms. The van der Waals surface area contributed by atoms with Crippen molar-refractivity contribution in [3.8, 4) is 17.2 Å². The number of aryl methyl sites for hydroxylation is 2. The van der Waals surface area contributed by atoms with Gasteiger partial charge in [-0.05, 0) is 79.9 Å². The standard InChI is InChI=1S/C25H26ClNO4/c1-15-10-16(2)17(3)24(11-15)31-14-19-12-18(6-8-22(19)29-4)25(28)27-20-7-9-23(30-5)21(26)13-20/h6-13H,14H2,1-5H3,(H,27,28). The number of nitrogens with one attached hydrogen (secondary N) is 1. The third kappa shape index (κ3) is 5.30. The van der Waals surface area contributed by atoms with Gasteiger partial charge in [-0.3, -0.25) is 4.79 Å². The maximum Gasteiger partial charge on any atom is 0.255 e. The van der Waals surface area contributed by atoms with Gasteiger partial charge in [-0.25, -0.2) is 0 Å². The summed E-state index contributed by atoms with van der Waals surface area (Å²) < 4.78 is 16.7. The van der Waals surface area contributed by atoms with Gasteiger partial charge in [-0.1, -0.05) is 17.7 Å². The van der Waals surface area contributed by atoms with E-state index in [0.717, 1.165) is 22.4 Å². The summed E-state index contributed by atoms with van der Waals surface area (Å²) in [5.74, 6) is 1.77. The van der Waals surface area contributed by atoms with Crippen molar-refractivity contribution < 1.29 is 19.0 Å². The zero-order valence-electron chi connectivity index (χ0n) is 18.3. The molecule has 31 heavy (non-hydrogen) atoms. The first kappa shape index (κ1) is 22.5. The molecule has 0 saturated heterocycles. The normalized spacial score (nSPS) is 10.5. The summed E-state index contributed by atoms with van der Waals surface area (Å²) in [7, 11) is 3.14. The Hall–Kier alpha value is -3.18. The molecule has 1 N–H and O–H groups in total. The van der Waals surface area contributed by atoms with Crippen LogP contribution in [0.1, 0.15) is 32.6 Å². The second-order valence-electron chi connectivity index (χ2n) is 7.32. The number of anilines is 1. The van der Waals surface area contributed by atoms with Crippen molar-refractivity contribution >= 4 is 23.2 Å². The van der Waals surface area contributed by atoms with Crippen LogP contribution in [0.25, 0.3) is 0 Å². The zero-order chi connectivity index (χ0) is 22.5. The minimum atomic E-state index is -0.257. The lowest BCUT2D eigenvalue weighted by atomic mass is 10.1. The molecule has 0 atom stereocenters. The molecule has 3 aromatic carbocycles. The molecule has 0 heterocycles. The van der Waals surface area contributed by atoms with Gasteiger partial charge in [-0.15, -0.1) is 0 Å². The molecule has 0 fully saturated rings. The van der Waals surface area contributed by atoms with Crippen LogP contribution in [-0.2, 0) is 6.61 Å². The number of halogens is 1. The van der Waals surface area contributed by atoms with Crippen LogP contribution in [0.5, 0.6) is 17.2 Å². The van der Waals surface area contributed by atoms with Crippen LogP contribution in [0.3, 0.4) is 0 Å². The number of rotatable bonds is 7. The first-order chi connectivity index (χ1) is 14.8. The lowest BCUT2D eigenvalue weighted by Gasteiger charge is -2.15. The number of carbonyl (C=O) groups excluding carboxylic acids is 1. The fourth-order valence-corrected chi connectivity index (χ4v) is 3.54. The Kier molecular flexibility index (Phi) is 7.08. The van der Waals surface area contributed by atoms with Gasteiger partial charge in [0.1, 0.15) is 23.9 Å². The summed E-state index contributed by atoms with van der Waals surface area (Å²) in [5.41, 5.74) is 5.25. The van der Waals surface area contributed by atoms with Crippen molar-refractivity contribution in [2.24, 2.45) is 0 Å². The first-order valence-corrected chi connectivity index (χ1v) is 10.2. The molecule has 0 aliphatic rings. The molecule has 0 aromatic heterocycles. The number of hydrogen-bond acceptors (Lipinski definition) is 4. The molecule has 0 aliphatic heterocycles. The molecule has 0 saturated carbocycles.